The highest BCUT2D eigenvalue weighted by Crippen LogP contribution is 2.34. The lowest BCUT2D eigenvalue weighted by Crippen LogP contribution is -2.30. The van der Waals surface area contributed by atoms with Gasteiger partial charge < -0.3 is 14.6 Å². The first-order chi connectivity index (χ1) is 16.8. The number of hydrogen-bond donors (Lipinski definition) is 1. The first kappa shape index (κ1) is 24.7. The van der Waals surface area contributed by atoms with E-state index >= 15 is 0 Å². The van der Waals surface area contributed by atoms with Crippen molar-refractivity contribution in [2.75, 3.05) is 25.5 Å². The topological polar surface area (TPSA) is 62.6 Å². The number of para-hydroxylation sites is 1. The lowest BCUT2D eigenvalue weighted by atomic mass is 9.95. The normalized spacial score (nSPS) is 18.7. The molecule has 5 rings (SSSR count). The van der Waals surface area contributed by atoms with Crippen LogP contribution in [0.1, 0.15) is 55.3 Å². The molecule has 0 spiro atoms. The van der Waals surface area contributed by atoms with Crippen molar-refractivity contribution in [3.63, 3.8) is 0 Å². The van der Waals surface area contributed by atoms with Crippen LogP contribution in [-0.2, 0) is 4.79 Å². The number of nitrogens with one attached hydrogen (secondary N) is 1. The number of Topliss-reactive ketones (excluding diaryl/α,β-unsaturated/α-hetero) is 1. The molecule has 2 aliphatic heterocycles. The molecular formula is C30H34N2O3. The summed E-state index contributed by atoms with van der Waals surface area (Å²) in [5, 5.41) is 2.85. The smallest absolute Gasteiger partial charge is 0.256 e. The van der Waals surface area contributed by atoms with E-state index in [0.717, 1.165) is 22.7 Å². The number of anilines is 1. The summed E-state index contributed by atoms with van der Waals surface area (Å²) in [4.78, 5) is 27.2. The fourth-order valence-corrected chi connectivity index (χ4v) is 4.65. The number of furan rings is 1. The number of carbonyl (C=O) groups excluding carboxylic acids is 2. The Bertz CT molecular complexity index is 1230. The minimum Gasteiger partial charge on any atom is -0.457 e. The second-order valence-corrected chi connectivity index (χ2v) is 9.83. The summed E-state index contributed by atoms with van der Waals surface area (Å²) in [6.45, 7) is 8.71. The number of nitrogens with zero attached hydrogens (tertiary/aromatic N) is 1. The Hall–Kier alpha value is -3.44. The van der Waals surface area contributed by atoms with E-state index in [1.807, 2.05) is 74.5 Å². The number of hydrogen-bond acceptors (Lipinski definition) is 4. The maximum atomic E-state index is 12.5. The second kappa shape index (κ2) is 10.9. The van der Waals surface area contributed by atoms with Crippen LogP contribution in [-0.4, -0.2) is 36.7 Å². The summed E-state index contributed by atoms with van der Waals surface area (Å²) >= 11 is 0. The highest BCUT2D eigenvalue weighted by Gasteiger charge is 2.24. The molecule has 0 bridgehead atoms. The molecule has 35 heavy (non-hydrogen) atoms. The average molecular weight is 471 g/mol. The molecular weight excluding hydrogens is 436 g/mol. The van der Waals surface area contributed by atoms with Crippen LogP contribution in [0.5, 0.6) is 0 Å². The molecule has 1 atom stereocenters. The average Bonchev–Trinajstić information content (AvgIpc) is 3.43. The molecule has 5 nitrogen and oxygen atoms in total. The summed E-state index contributed by atoms with van der Waals surface area (Å²) in [7, 11) is 2.20. The largest absolute Gasteiger partial charge is 0.457 e. The molecule has 3 aromatic rings. The van der Waals surface area contributed by atoms with Crippen molar-refractivity contribution in [1.82, 2.24) is 4.90 Å². The van der Waals surface area contributed by atoms with E-state index in [-0.39, 0.29) is 17.6 Å². The van der Waals surface area contributed by atoms with Crippen LogP contribution in [0, 0.1) is 11.8 Å². The van der Waals surface area contributed by atoms with Crippen molar-refractivity contribution < 1.29 is 14.0 Å². The van der Waals surface area contributed by atoms with Crippen molar-refractivity contribution in [2.24, 2.45) is 11.8 Å². The summed E-state index contributed by atoms with van der Waals surface area (Å²) in [6, 6.07) is 18.6. The van der Waals surface area contributed by atoms with Crippen LogP contribution >= 0.6 is 0 Å². The summed E-state index contributed by atoms with van der Waals surface area (Å²) in [5.74, 6) is 1.95. The Labute approximate surface area is 207 Å². The van der Waals surface area contributed by atoms with E-state index in [2.05, 4.69) is 24.2 Å². The molecule has 1 saturated heterocycles. The zero-order chi connectivity index (χ0) is 24.9. The van der Waals surface area contributed by atoms with Crippen molar-refractivity contribution >= 4 is 29.0 Å². The number of benzene rings is 2. The van der Waals surface area contributed by atoms with Crippen LogP contribution in [0.25, 0.3) is 23.0 Å². The van der Waals surface area contributed by atoms with E-state index in [1.54, 1.807) is 6.08 Å². The van der Waals surface area contributed by atoms with Gasteiger partial charge in [-0.2, -0.15) is 0 Å². The van der Waals surface area contributed by atoms with Crippen molar-refractivity contribution in [3.05, 3.63) is 77.6 Å². The molecule has 1 fully saturated rings. The van der Waals surface area contributed by atoms with Gasteiger partial charge in [0.1, 0.15) is 11.5 Å². The van der Waals surface area contributed by atoms with Crippen LogP contribution in [0.2, 0.25) is 0 Å². The van der Waals surface area contributed by atoms with Gasteiger partial charge in [0.25, 0.3) is 5.91 Å². The predicted molar refractivity (Wildman–Crippen MR) is 142 cm³/mol. The SMILES string of the molecule is CC(C)C(=O)c1ccccc1-c1ccc(/C=C2/C(=O)Nc3ccccc32)o1.CC1CCCN(C)C1. The molecule has 1 N–H and O–H groups in total. The van der Waals surface area contributed by atoms with E-state index < -0.39 is 0 Å². The zero-order valence-electron chi connectivity index (χ0n) is 21.0. The maximum absolute atomic E-state index is 12.5. The molecule has 2 aromatic carbocycles. The van der Waals surface area contributed by atoms with Crippen molar-refractivity contribution in [2.45, 2.75) is 33.6 Å². The predicted octanol–water partition coefficient (Wildman–Crippen LogP) is 6.63. The number of ketones is 1. The Balaban J connectivity index is 0.000000308. The Morgan fingerprint density at radius 3 is 2.46 bits per heavy atom. The minimum atomic E-state index is -0.149. The Morgan fingerprint density at radius 2 is 1.77 bits per heavy atom. The third-order valence-corrected chi connectivity index (χ3v) is 6.47. The monoisotopic (exact) mass is 470 g/mol. The van der Waals surface area contributed by atoms with Gasteiger partial charge in [0.15, 0.2) is 5.78 Å². The van der Waals surface area contributed by atoms with Crippen molar-refractivity contribution in [1.29, 1.82) is 0 Å². The number of piperidine rings is 1. The maximum Gasteiger partial charge on any atom is 0.256 e. The van der Waals surface area contributed by atoms with Gasteiger partial charge in [0, 0.05) is 34.8 Å². The van der Waals surface area contributed by atoms with Crippen LogP contribution in [0.3, 0.4) is 0 Å². The standard InChI is InChI=1S/C23H19NO3.C7H15N/c1-14(2)22(25)18-9-4-3-8-17(18)21-12-11-15(27-21)13-19-16-7-5-6-10-20(16)24-23(19)26;1-7-4-3-5-8(2)6-7/h3-14H,1-2H3,(H,24,26);7H,3-6H2,1-2H3/b19-13+;. The molecule has 5 heteroatoms. The highest BCUT2D eigenvalue weighted by atomic mass is 16.3. The number of rotatable bonds is 4. The molecule has 1 aromatic heterocycles. The fraction of sp³-hybridized carbons (Fsp3) is 0.333. The van der Waals surface area contributed by atoms with Gasteiger partial charge in [0.2, 0.25) is 0 Å². The van der Waals surface area contributed by atoms with Crippen LogP contribution in [0.4, 0.5) is 5.69 Å². The third-order valence-electron chi connectivity index (χ3n) is 6.47. The zero-order valence-corrected chi connectivity index (χ0v) is 21.0. The molecule has 0 aliphatic carbocycles. The quantitative estimate of drug-likeness (QED) is 0.344. The van der Waals surface area contributed by atoms with Gasteiger partial charge in [-0.1, -0.05) is 63.2 Å². The number of likely N-dealkylation sites (tertiary alicyclic amines) is 1. The molecule has 2 aliphatic rings. The summed E-state index contributed by atoms with van der Waals surface area (Å²) in [6.07, 6.45) is 4.57. The molecule has 182 valence electrons. The molecule has 0 radical (unpaired) electrons. The molecule has 1 amide bonds. The lowest BCUT2D eigenvalue weighted by Gasteiger charge is -2.26. The van der Waals surface area contributed by atoms with Gasteiger partial charge in [-0.25, -0.2) is 0 Å². The number of fused-ring (bicyclic) bond motifs is 1. The minimum absolute atomic E-state index is 0.0750. The molecule has 0 saturated carbocycles. The number of amides is 1. The lowest BCUT2D eigenvalue weighted by molar-refractivity contribution is -0.110. The highest BCUT2D eigenvalue weighted by molar-refractivity contribution is 6.34. The van der Waals surface area contributed by atoms with Crippen molar-refractivity contribution in [3.8, 4) is 11.3 Å². The van der Waals surface area contributed by atoms with Gasteiger partial charge in [-0.15, -0.1) is 0 Å². The van der Waals surface area contributed by atoms with Gasteiger partial charge in [0.05, 0.1) is 5.57 Å². The first-order valence-corrected chi connectivity index (χ1v) is 12.4. The third kappa shape index (κ3) is 5.80. The van der Waals surface area contributed by atoms with E-state index in [9.17, 15) is 9.59 Å². The number of carbonyl (C=O) groups is 2. The van der Waals surface area contributed by atoms with E-state index in [4.69, 9.17) is 4.42 Å². The van der Waals surface area contributed by atoms with Crippen LogP contribution < -0.4 is 5.32 Å². The van der Waals surface area contributed by atoms with Gasteiger partial charge in [-0.05, 0) is 56.6 Å². The molecule has 3 heterocycles. The summed E-state index contributed by atoms with van der Waals surface area (Å²) in [5.41, 5.74) is 3.63. The fourth-order valence-electron chi connectivity index (χ4n) is 4.65. The Kier molecular flexibility index (Phi) is 7.67. The van der Waals surface area contributed by atoms with Crippen LogP contribution in [0.15, 0.2) is 65.1 Å². The first-order valence-electron chi connectivity index (χ1n) is 12.4. The van der Waals surface area contributed by atoms with E-state index in [0.29, 0.717) is 22.7 Å². The Morgan fingerprint density at radius 1 is 1.06 bits per heavy atom. The van der Waals surface area contributed by atoms with Gasteiger partial charge >= 0.3 is 0 Å². The second-order valence-electron chi connectivity index (χ2n) is 9.83. The van der Waals surface area contributed by atoms with E-state index in [1.165, 1.54) is 25.9 Å². The van der Waals surface area contributed by atoms with Gasteiger partial charge in [-0.3, -0.25) is 9.59 Å². The summed E-state index contributed by atoms with van der Waals surface area (Å²) < 4.78 is 5.96. The molecule has 1 unspecified atom stereocenters.